The molecule has 1 aromatic carbocycles. The number of likely N-dealkylation sites (N-methyl/N-ethyl adjacent to an activating group) is 1. The van der Waals surface area contributed by atoms with Crippen LogP contribution in [0.25, 0.3) is 0 Å². The van der Waals surface area contributed by atoms with Crippen molar-refractivity contribution in [3.05, 3.63) is 84.1 Å². The second kappa shape index (κ2) is 6.51. The molecule has 0 radical (unpaired) electrons. The van der Waals surface area contributed by atoms with Crippen LogP contribution in [0.15, 0.2) is 78.0 Å². The van der Waals surface area contributed by atoms with Crippen LogP contribution in [0.1, 0.15) is 18.1 Å². The fourth-order valence-corrected chi connectivity index (χ4v) is 2.93. The molecule has 1 aliphatic rings. The van der Waals surface area contributed by atoms with Crippen LogP contribution in [-0.2, 0) is 6.42 Å². The Labute approximate surface area is 127 Å². The molecule has 0 saturated carbocycles. The third-order valence-electron chi connectivity index (χ3n) is 3.81. The summed E-state index contributed by atoms with van der Waals surface area (Å²) >= 11 is 0. The zero-order valence-corrected chi connectivity index (χ0v) is 12.8. The molecule has 2 heteroatoms. The lowest BCUT2D eigenvalue weighted by molar-refractivity contribution is 0.785. The normalized spacial score (nSPS) is 19.9. The van der Waals surface area contributed by atoms with E-state index in [4.69, 9.17) is 0 Å². The van der Waals surface area contributed by atoms with E-state index in [1.54, 1.807) is 6.20 Å². The summed E-state index contributed by atoms with van der Waals surface area (Å²) in [6, 6.07) is 8.36. The molecule has 0 fully saturated rings. The molecule has 0 aliphatic heterocycles. The van der Waals surface area contributed by atoms with Gasteiger partial charge < -0.3 is 5.32 Å². The monoisotopic (exact) mass is 278 g/mol. The van der Waals surface area contributed by atoms with Gasteiger partial charge in [-0.3, -0.25) is 4.99 Å². The predicted octanol–water partition coefficient (Wildman–Crippen LogP) is 3.82. The fourth-order valence-electron chi connectivity index (χ4n) is 2.93. The number of benzene rings is 1. The topological polar surface area (TPSA) is 24.4 Å². The Morgan fingerprint density at radius 2 is 2.05 bits per heavy atom. The maximum Gasteiger partial charge on any atom is 0.0760 e. The molecule has 1 aromatic rings. The SMILES string of the molecule is C=CN=C1c2ccccc2CC(C=C)=C(C(=C)C)C1NC. The Kier molecular flexibility index (Phi) is 4.71. The summed E-state index contributed by atoms with van der Waals surface area (Å²) in [6.45, 7) is 13.9. The molecule has 0 bridgehead atoms. The minimum Gasteiger partial charge on any atom is -0.308 e. The minimum absolute atomic E-state index is 0.00264. The van der Waals surface area contributed by atoms with E-state index >= 15 is 0 Å². The Bertz CT molecular complexity index is 647. The lowest BCUT2D eigenvalue weighted by Gasteiger charge is -2.22. The van der Waals surface area contributed by atoms with Crippen molar-refractivity contribution in [1.29, 1.82) is 0 Å². The molecule has 1 aliphatic carbocycles. The van der Waals surface area contributed by atoms with E-state index in [9.17, 15) is 0 Å². The van der Waals surface area contributed by atoms with Gasteiger partial charge in [0.05, 0.1) is 11.8 Å². The van der Waals surface area contributed by atoms with E-state index in [1.165, 1.54) is 16.7 Å². The number of hydrogen-bond donors (Lipinski definition) is 1. The third-order valence-corrected chi connectivity index (χ3v) is 3.81. The summed E-state index contributed by atoms with van der Waals surface area (Å²) in [7, 11) is 1.95. The molecule has 1 N–H and O–H groups in total. The first-order valence-electron chi connectivity index (χ1n) is 7.09. The summed E-state index contributed by atoms with van der Waals surface area (Å²) in [5, 5.41) is 3.37. The maximum atomic E-state index is 4.55. The Morgan fingerprint density at radius 1 is 1.33 bits per heavy atom. The van der Waals surface area contributed by atoms with Gasteiger partial charge in [0.15, 0.2) is 0 Å². The first-order chi connectivity index (χ1) is 10.1. The lowest BCUT2D eigenvalue weighted by Crippen LogP contribution is -2.37. The average Bonchev–Trinajstić information content (AvgIpc) is 2.62. The molecule has 2 nitrogen and oxygen atoms in total. The summed E-state index contributed by atoms with van der Waals surface area (Å²) in [4.78, 5) is 4.55. The highest BCUT2D eigenvalue weighted by molar-refractivity contribution is 6.09. The molecule has 2 rings (SSSR count). The number of hydrogen-bond acceptors (Lipinski definition) is 2. The van der Waals surface area contributed by atoms with Gasteiger partial charge in [-0.05, 0) is 37.1 Å². The minimum atomic E-state index is -0.00264. The lowest BCUT2D eigenvalue weighted by atomic mass is 9.91. The molecule has 21 heavy (non-hydrogen) atoms. The largest absolute Gasteiger partial charge is 0.308 e. The average molecular weight is 278 g/mol. The van der Waals surface area contributed by atoms with E-state index in [0.29, 0.717) is 0 Å². The standard InChI is InChI=1S/C19H22N2/c1-6-14-12-15-10-8-9-11-16(15)18(21-7-2)19(20-5)17(14)13(3)4/h6-11,19-20H,1-3,12H2,4-5H3. The molecule has 1 atom stereocenters. The Balaban J connectivity index is 2.78. The van der Waals surface area contributed by atoms with Gasteiger partial charge in [-0.25, -0.2) is 0 Å². The van der Waals surface area contributed by atoms with Crippen molar-refractivity contribution in [1.82, 2.24) is 5.32 Å². The molecule has 0 heterocycles. The number of nitrogens with one attached hydrogen (secondary N) is 1. The number of fused-ring (bicyclic) bond motifs is 1. The second-order valence-electron chi connectivity index (χ2n) is 5.18. The van der Waals surface area contributed by atoms with Gasteiger partial charge in [0.2, 0.25) is 0 Å². The summed E-state index contributed by atoms with van der Waals surface area (Å²) in [5.41, 5.74) is 6.80. The predicted molar refractivity (Wildman–Crippen MR) is 91.8 cm³/mol. The Morgan fingerprint density at radius 3 is 2.62 bits per heavy atom. The van der Waals surface area contributed by atoms with Gasteiger partial charge in [-0.2, -0.15) is 0 Å². The van der Waals surface area contributed by atoms with Crippen molar-refractivity contribution in [2.24, 2.45) is 4.99 Å². The van der Waals surface area contributed by atoms with Gasteiger partial charge in [0, 0.05) is 11.8 Å². The summed E-state index contributed by atoms with van der Waals surface area (Å²) < 4.78 is 0. The molecular weight excluding hydrogens is 256 g/mol. The Hall–Kier alpha value is -2.19. The van der Waals surface area contributed by atoms with Crippen molar-refractivity contribution < 1.29 is 0 Å². The van der Waals surface area contributed by atoms with Crippen LogP contribution >= 0.6 is 0 Å². The number of allylic oxidation sites excluding steroid dienone is 2. The van der Waals surface area contributed by atoms with E-state index in [0.717, 1.165) is 23.3 Å². The van der Waals surface area contributed by atoms with E-state index in [2.05, 4.69) is 48.2 Å². The fraction of sp³-hybridized carbons (Fsp3) is 0.211. The van der Waals surface area contributed by atoms with Crippen LogP contribution in [-0.4, -0.2) is 18.8 Å². The highest BCUT2D eigenvalue weighted by Crippen LogP contribution is 2.30. The van der Waals surface area contributed by atoms with Crippen molar-refractivity contribution in [2.75, 3.05) is 7.05 Å². The van der Waals surface area contributed by atoms with Crippen LogP contribution in [0, 0.1) is 0 Å². The van der Waals surface area contributed by atoms with Gasteiger partial charge in [-0.15, -0.1) is 0 Å². The van der Waals surface area contributed by atoms with Crippen LogP contribution < -0.4 is 5.32 Å². The molecule has 108 valence electrons. The van der Waals surface area contributed by atoms with E-state index in [1.807, 2.05) is 26.1 Å². The zero-order chi connectivity index (χ0) is 15.4. The first-order valence-corrected chi connectivity index (χ1v) is 7.09. The quantitative estimate of drug-likeness (QED) is 0.889. The molecule has 0 amide bonds. The number of rotatable bonds is 4. The maximum absolute atomic E-state index is 4.55. The molecule has 0 spiro atoms. The molecule has 0 saturated heterocycles. The summed E-state index contributed by atoms with van der Waals surface area (Å²) in [5.74, 6) is 0. The van der Waals surface area contributed by atoms with Gasteiger partial charge in [-0.1, -0.05) is 55.7 Å². The van der Waals surface area contributed by atoms with E-state index in [-0.39, 0.29) is 6.04 Å². The van der Waals surface area contributed by atoms with Crippen LogP contribution in [0.2, 0.25) is 0 Å². The smallest absolute Gasteiger partial charge is 0.0760 e. The third kappa shape index (κ3) is 2.81. The first kappa shape index (κ1) is 15.2. The molecular formula is C19H22N2. The van der Waals surface area contributed by atoms with Crippen molar-refractivity contribution in [3.63, 3.8) is 0 Å². The van der Waals surface area contributed by atoms with Crippen molar-refractivity contribution in [2.45, 2.75) is 19.4 Å². The van der Waals surface area contributed by atoms with Gasteiger partial charge >= 0.3 is 0 Å². The van der Waals surface area contributed by atoms with Gasteiger partial charge in [0.1, 0.15) is 0 Å². The van der Waals surface area contributed by atoms with Crippen molar-refractivity contribution >= 4 is 5.71 Å². The number of nitrogens with zero attached hydrogens (tertiary/aromatic N) is 1. The molecule has 0 aromatic heterocycles. The summed E-state index contributed by atoms with van der Waals surface area (Å²) in [6.07, 6.45) is 4.38. The van der Waals surface area contributed by atoms with Gasteiger partial charge in [0.25, 0.3) is 0 Å². The molecule has 1 unspecified atom stereocenters. The number of aliphatic imine (C=N–C) groups is 1. The second-order valence-corrected chi connectivity index (χ2v) is 5.18. The highest BCUT2D eigenvalue weighted by Gasteiger charge is 2.27. The van der Waals surface area contributed by atoms with Crippen LogP contribution in [0.5, 0.6) is 0 Å². The van der Waals surface area contributed by atoms with Crippen molar-refractivity contribution in [3.8, 4) is 0 Å². The highest BCUT2D eigenvalue weighted by atomic mass is 14.9. The van der Waals surface area contributed by atoms with Crippen LogP contribution in [0.3, 0.4) is 0 Å². The van der Waals surface area contributed by atoms with Crippen LogP contribution in [0.4, 0.5) is 0 Å². The van der Waals surface area contributed by atoms with E-state index < -0.39 is 0 Å². The zero-order valence-electron chi connectivity index (χ0n) is 12.8.